The molecule has 1 unspecified atom stereocenters. The topological polar surface area (TPSA) is 71.5 Å². The Labute approximate surface area is 177 Å². The van der Waals surface area contributed by atoms with E-state index in [4.69, 9.17) is 9.47 Å². The second kappa shape index (κ2) is 9.85. The fourth-order valence-corrected chi connectivity index (χ4v) is 3.44. The van der Waals surface area contributed by atoms with Gasteiger partial charge in [0.15, 0.2) is 6.10 Å². The summed E-state index contributed by atoms with van der Waals surface area (Å²) in [6, 6.07) is 19.0. The van der Waals surface area contributed by atoms with E-state index in [1.165, 1.54) is 31.5 Å². The molecule has 0 saturated carbocycles. The largest absolute Gasteiger partial charge is 1.00 e. The van der Waals surface area contributed by atoms with Gasteiger partial charge in [-0.05, 0) is 23.2 Å². The third kappa shape index (κ3) is 4.45. The first-order valence-electron chi connectivity index (χ1n) is 8.11. The first-order chi connectivity index (χ1) is 13.1. The molecule has 5 nitrogen and oxygen atoms in total. The predicted molar refractivity (Wildman–Crippen MR) is 98.7 cm³/mol. The molecule has 0 aliphatic carbocycles. The molecule has 8 heteroatoms. The number of nitrogens with zero attached hydrogens (tertiary/aromatic N) is 1. The maximum Gasteiger partial charge on any atom is 1.00 e. The van der Waals surface area contributed by atoms with E-state index in [-0.39, 0.29) is 35.9 Å². The van der Waals surface area contributed by atoms with Crippen molar-refractivity contribution >= 4 is 11.1 Å². The third-order valence-corrected chi connectivity index (χ3v) is 4.98. The van der Waals surface area contributed by atoms with Gasteiger partial charge in [0.2, 0.25) is 10.9 Å². The van der Waals surface area contributed by atoms with Crippen LogP contribution in [0, 0.1) is 0 Å². The molecule has 0 radical (unpaired) electrons. The van der Waals surface area contributed by atoms with Crippen molar-refractivity contribution < 1.29 is 41.5 Å². The quantitative estimate of drug-likeness (QED) is 0.441. The maximum absolute atomic E-state index is 16.2. The van der Waals surface area contributed by atoms with Crippen LogP contribution in [0.15, 0.2) is 79.0 Å². The van der Waals surface area contributed by atoms with Gasteiger partial charge in [-0.15, -0.1) is 0 Å². The van der Waals surface area contributed by atoms with Crippen LogP contribution in [0.3, 0.4) is 0 Å². The molecule has 0 saturated heterocycles. The monoisotopic (exact) mass is 393 g/mol. The van der Waals surface area contributed by atoms with E-state index >= 15 is 4.39 Å². The Balaban J connectivity index is 0.00000280. The zero-order chi connectivity index (χ0) is 19.3. The SMILES string of the molecule is COc1ccccc1[C@H](Oc1ccccn1)[C@](F)(c1ccccc1)S(=O)[O-].[Li+]. The number of methoxy groups -OCH3 is 1. The summed E-state index contributed by atoms with van der Waals surface area (Å²) in [5.41, 5.74) is 0.200. The van der Waals surface area contributed by atoms with Crippen LogP contribution in [0.1, 0.15) is 17.2 Å². The normalized spacial score (nSPS) is 14.8. The molecule has 3 rings (SSSR count). The van der Waals surface area contributed by atoms with Gasteiger partial charge in [0, 0.05) is 23.4 Å². The molecule has 1 aromatic heterocycles. The van der Waals surface area contributed by atoms with Crippen molar-refractivity contribution in [3.63, 3.8) is 0 Å². The van der Waals surface area contributed by atoms with Crippen LogP contribution in [0.5, 0.6) is 11.6 Å². The van der Waals surface area contributed by atoms with Crippen molar-refractivity contribution in [1.29, 1.82) is 0 Å². The molecular formula is C20H17FLiNO4S. The molecule has 0 spiro atoms. The Bertz CT molecular complexity index is 916. The van der Waals surface area contributed by atoms with Crippen LogP contribution in [0.2, 0.25) is 0 Å². The molecule has 0 fully saturated rings. The molecule has 0 N–H and O–H groups in total. The summed E-state index contributed by atoms with van der Waals surface area (Å²) in [5, 5.41) is -2.87. The van der Waals surface area contributed by atoms with E-state index in [1.54, 1.807) is 54.6 Å². The molecule has 0 aliphatic heterocycles. The Morgan fingerprint density at radius 3 is 2.29 bits per heavy atom. The average molecular weight is 393 g/mol. The van der Waals surface area contributed by atoms with Gasteiger partial charge in [-0.2, -0.15) is 0 Å². The first kappa shape index (κ1) is 22.1. The molecule has 28 heavy (non-hydrogen) atoms. The molecule has 0 bridgehead atoms. The fourth-order valence-electron chi connectivity index (χ4n) is 2.76. The van der Waals surface area contributed by atoms with Gasteiger partial charge in [0.1, 0.15) is 5.75 Å². The Kier molecular flexibility index (Phi) is 7.78. The average Bonchev–Trinajstić information content (AvgIpc) is 2.72. The Hall–Kier alpha value is -2.17. The van der Waals surface area contributed by atoms with E-state index in [9.17, 15) is 8.76 Å². The third-order valence-electron chi connectivity index (χ3n) is 4.04. The summed E-state index contributed by atoms with van der Waals surface area (Å²) in [7, 11) is 1.42. The second-order valence-electron chi connectivity index (χ2n) is 5.65. The van der Waals surface area contributed by atoms with Gasteiger partial charge in [-0.3, -0.25) is 4.21 Å². The summed E-state index contributed by atoms with van der Waals surface area (Å²) in [6.07, 6.45) is -0.0603. The standard InChI is InChI=1S/C20H18FNO4S.Li/c1-25-17-12-6-5-11-16(17)19(26-18-13-7-8-14-22-18)20(21,27(23)24)15-9-3-2-4-10-15;/h2-14,19H,1H3,(H,23,24);/q;+1/p-1/t19-,20-;/m0./s1. The van der Waals surface area contributed by atoms with Gasteiger partial charge in [-0.25, -0.2) is 9.37 Å². The van der Waals surface area contributed by atoms with Crippen molar-refractivity contribution in [2.45, 2.75) is 11.1 Å². The number of rotatable bonds is 7. The van der Waals surface area contributed by atoms with Crippen LogP contribution in [-0.4, -0.2) is 20.9 Å². The van der Waals surface area contributed by atoms with Gasteiger partial charge >= 0.3 is 18.9 Å². The van der Waals surface area contributed by atoms with Crippen molar-refractivity contribution in [3.05, 3.63) is 90.1 Å². The number of benzene rings is 2. The number of alkyl halides is 1. The van der Waals surface area contributed by atoms with Crippen LogP contribution in [0.4, 0.5) is 4.39 Å². The van der Waals surface area contributed by atoms with E-state index in [0.717, 1.165) is 0 Å². The van der Waals surface area contributed by atoms with Crippen LogP contribution < -0.4 is 28.3 Å². The van der Waals surface area contributed by atoms with E-state index < -0.39 is 22.2 Å². The van der Waals surface area contributed by atoms with Gasteiger partial charge in [0.25, 0.3) is 0 Å². The minimum absolute atomic E-state index is 0. The van der Waals surface area contributed by atoms with Crippen molar-refractivity contribution in [2.24, 2.45) is 0 Å². The number of hydrogen-bond donors (Lipinski definition) is 0. The minimum Gasteiger partial charge on any atom is -0.770 e. The van der Waals surface area contributed by atoms with Crippen molar-refractivity contribution in [3.8, 4) is 11.6 Å². The molecule has 3 atom stereocenters. The second-order valence-corrected chi connectivity index (χ2v) is 6.72. The minimum atomic E-state index is -3.16. The Morgan fingerprint density at radius 1 is 1.04 bits per heavy atom. The predicted octanol–water partition coefficient (Wildman–Crippen LogP) is 0.916. The van der Waals surface area contributed by atoms with Gasteiger partial charge in [0.05, 0.1) is 7.11 Å². The summed E-state index contributed by atoms with van der Waals surface area (Å²) < 4.78 is 51.5. The smallest absolute Gasteiger partial charge is 0.770 e. The zero-order valence-corrected chi connectivity index (χ0v) is 16.3. The zero-order valence-electron chi connectivity index (χ0n) is 15.4. The molecule has 2 aromatic carbocycles. The molecule has 0 aliphatic rings. The molecular weight excluding hydrogens is 376 g/mol. The fraction of sp³-hybridized carbons (Fsp3) is 0.150. The van der Waals surface area contributed by atoms with Crippen LogP contribution >= 0.6 is 0 Å². The summed E-state index contributed by atoms with van der Waals surface area (Å²) in [6.45, 7) is 0. The van der Waals surface area contributed by atoms with E-state index in [2.05, 4.69) is 4.98 Å². The number of aromatic nitrogens is 1. The summed E-state index contributed by atoms with van der Waals surface area (Å²) in [5.74, 6) is 0.402. The van der Waals surface area contributed by atoms with Gasteiger partial charge in [-0.1, -0.05) is 54.6 Å². The number of pyridine rings is 1. The molecule has 0 amide bonds. The molecule has 1 heterocycles. The molecule has 140 valence electrons. The van der Waals surface area contributed by atoms with E-state index in [0.29, 0.717) is 5.75 Å². The van der Waals surface area contributed by atoms with Crippen molar-refractivity contribution in [1.82, 2.24) is 4.98 Å². The van der Waals surface area contributed by atoms with Gasteiger partial charge < -0.3 is 14.0 Å². The Morgan fingerprint density at radius 2 is 1.68 bits per heavy atom. The van der Waals surface area contributed by atoms with Crippen LogP contribution in [-0.2, 0) is 16.1 Å². The van der Waals surface area contributed by atoms with E-state index in [1.807, 2.05) is 0 Å². The first-order valence-corrected chi connectivity index (χ1v) is 9.19. The molecule has 3 aromatic rings. The van der Waals surface area contributed by atoms with Crippen LogP contribution in [0.25, 0.3) is 0 Å². The van der Waals surface area contributed by atoms with Crippen molar-refractivity contribution in [2.75, 3.05) is 7.11 Å². The maximum atomic E-state index is 16.2. The number of ether oxygens (including phenoxy) is 2. The number of para-hydroxylation sites is 1. The summed E-state index contributed by atoms with van der Waals surface area (Å²) >= 11 is -3.16. The number of halogens is 1. The number of hydrogen-bond acceptors (Lipinski definition) is 5. The summed E-state index contributed by atoms with van der Waals surface area (Å²) in [4.78, 5) is 4.04.